The Balaban J connectivity index is 2.25. The molecule has 0 amide bonds. The van der Waals surface area contributed by atoms with Crippen molar-refractivity contribution in [2.24, 2.45) is 0 Å². The lowest BCUT2D eigenvalue weighted by molar-refractivity contribution is -0.153. The van der Waals surface area contributed by atoms with Crippen molar-refractivity contribution in [3.8, 4) is 0 Å². The Kier molecular flexibility index (Phi) is 5.81. The molecule has 0 spiro atoms. The number of esters is 1. The van der Waals surface area contributed by atoms with E-state index in [-0.39, 0.29) is 6.61 Å². The molecular formula is C17H18ClNO3. The molecule has 0 heterocycles. The highest BCUT2D eigenvalue weighted by molar-refractivity contribution is 6.30. The molecule has 5 heteroatoms. The molecule has 0 aliphatic heterocycles. The van der Waals surface area contributed by atoms with Gasteiger partial charge in [-0.1, -0.05) is 41.9 Å². The third kappa shape index (κ3) is 4.23. The van der Waals surface area contributed by atoms with Gasteiger partial charge in [-0.25, -0.2) is 4.79 Å². The highest BCUT2D eigenvalue weighted by atomic mass is 35.5. The summed E-state index contributed by atoms with van der Waals surface area (Å²) >= 11 is 5.87. The fourth-order valence-corrected chi connectivity index (χ4v) is 2.22. The van der Waals surface area contributed by atoms with Gasteiger partial charge in [0.05, 0.1) is 12.6 Å². The minimum Gasteiger partial charge on any atom is -0.464 e. The number of benzene rings is 2. The van der Waals surface area contributed by atoms with Gasteiger partial charge in [-0.2, -0.15) is 0 Å². The topological polar surface area (TPSA) is 58.6 Å². The highest BCUT2D eigenvalue weighted by Gasteiger charge is 2.28. The molecule has 0 aliphatic carbocycles. The van der Waals surface area contributed by atoms with Crippen molar-refractivity contribution in [3.63, 3.8) is 0 Å². The van der Waals surface area contributed by atoms with Crippen LogP contribution in [0.15, 0.2) is 54.6 Å². The third-order valence-corrected chi connectivity index (χ3v) is 3.42. The summed E-state index contributed by atoms with van der Waals surface area (Å²) in [5.74, 6) is -0.655. The van der Waals surface area contributed by atoms with Crippen molar-refractivity contribution < 1.29 is 14.6 Å². The summed E-state index contributed by atoms with van der Waals surface area (Å²) in [7, 11) is 0. The maximum absolute atomic E-state index is 11.9. The zero-order chi connectivity index (χ0) is 15.9. The van der Waals surface area contributed by atoms with Crippen LogP contribution in [0.1, 0.15) is 18.5 Å². The van der Waals surface area contributed by atoms with Crippen molar-refractivity contribution in [2.45, 2.75) is 19.1 Å². The molecule has 0 saturated heterocycles. The van der Waals surface area contributed by atoms with Crippen LogP contribution in [-0.2, 0) is 9.53 Å². The number of nitrogens with one attached hydrogen (secondary N) is 1. The Bertz CT molecular complexity index is 601. The van der Waals surface area contributed by atoms with E-state index in [0.717, 1.165) is 11.3 Å². The number of anilines is 1. The average Bonchev–Trinajstić information content (AvgIpc) is 2.55. The fraction of sp³-hybridized carbons (Fsp3) is 0.235. The maximum Gasteiger partial charge on any atom is 0.337 e. The van der Waals surface area contributed by atoms with Gasteiger partial charge in [-0.15, -0.1) is 0 Å². The van der Waals surface area contributed by atoms with Crippen LogP contribution in [0.4, 0.5) is 5.69 Å². The summed E-state index contributed by atoms with van der Waals surface area (Å²) in [4.78, 5) is 11.9. The zero-order valence-electron chi connectivity index (χ0n) is 12.2. The summed E-state index contributed by atoms with van der Waals surface area (Å²) in [6.45, 7) is 1.92. The molecule has 0 bridgehead atoms. The van der Waals surface area contributed by atoms with E-state index in [2.05, 4.69) is 5.32 Å². The quantitative estimate of drug-likeness (QED) is 0.801. The second kappa shape index (κ2) is 7.82. The lowest BCUT2D eigenvalue weighted by Gasteiger charge is -2.24. The predicted molar refractivity (Wildman–Crippen MR) is 86.9 cm³/mol. The first-order valence-electron chi connectivity index (χ1n) is 7.03. The van der Waals surface area contributed by atoms with Crippen molar-refractivity contribution in [3.05, 3.63) is 65.2 Å². The number of carbonyl (C=O) groups excluding carboxylic acids is 1. The van der Waals surface area contributed by atoms with Crippen molar-refractivity contribution >= 4 is 23.3 Å². The van der Waals surface area contributed by atoms with Gasteiger partial charge in [0.2, 0.25) is 0 Å². The molecule has 2 rings (SSSR count). The normalized spacial score (nSPS) is 13.2. The predicted octanol–water partition coefficient (Wildman–Crippen LogP) is 3.42. The van der Waals surface area contributed by atoms with Crippen LogP contribution >= 0.6 is 11.6 Å². The SMILES string of the molecule is CCOC(=O)C(O)C(Nc1ccc(Cl)cc1)c1ccccc1. The number of ether oxygens (including phenoxy) is 1. The van der Waals surface area contributed by atoms with Gasteiger partial charge in [-0.3, -0.25) is 0 Å². The molecule has 2 aromatic carbocycles. The van der Waals surface area contributed by atoms with Crippen LogP contribution < -0.4 is 5.32 Å². The third-order valence-electron chi connectivity index (χ3n) is 3.17. The smallest absolute Gasteiger partial charge is 0.337 e. The molecular weight excluding hydrogens is 302 g/mol. The zero-order valence-corrected chi connectivity index (χ0v) is 13.0. The number of aliphatic hydroxyl groups is 1. The van der Waals surface area contributed by atoms with Crippen LogP contribution in [0.5, 0.6) is 0 Å². The van der Waals surface area contributed by atoms with E-state index < -0.39 is 18.1 Å². The molecule has 2 N–H and O–H groups in total. The van der Waals surface area contributed by atoms with E-state index in [1.54, 1.807) is 31.2 Å². The van der Waals surface area contributed by atoms with Gasteiger partial charge in [0.15, 0.2) is 6.10 Å². The minimum absolute atomic E-state index is 0.221. The van der Waals surface area contributed by atoms with E-state index in [0.29, 0.717) is 5.02 Å². The molecule has 0 saturated carbocycles. The molecule has 4 nitrogen and oxygen atoms in total. The van der Waals surface area contributed by atoms with E-state index in [4.69, 9.17) is 16.3 Å². The van der Waals surface area contributed by atoms with Gasteiger partial charge in [0.25, 0.3) is 0 Å². The van der Waals surface area contributed by atoms with Crippen LogP contribution in [0.2, 0.25) is 5.02 Å². The van der Waals surface area contributed by atoms with E-state index in [1.165, 1.54) is 0 Å². The van der Waals surface area contributed by atoms with Gasteiger partial charge >= 0.3 is 5.97 Å². The second-order valence-corrected chi connectivity index (χ2v) is 5.17. The van der Waals surface area contributed by atoms with Crippen LogP contribution in [-0.4, -0.2) is 23.8 Å². The first-order chi connectivity index (χ1) is 10.6. The molecule has 116 valence electrons. The Hall–Kier alpha value is -2.04. The molecule has 0 fully saturated rings. The number of aliphatic hydroxyl groups excluding tert-OH is 1. The van der Waals surface area contributed by atoms with E-state index in [1.807, 2.05) is 30.3 Å². The van der Waals surface area contributed by atoms with Crippen LogP contribution in [0.3, 0.4) is 0 Å². The molecule has 22 heavy (non-hydrogen) atoms. The number of halogens is 1. The Morgan fingerprint density at radius 2 is 1.82 bits per heavy atom. The van der Waals surface area contributed by atoms with Gasteiger partial charge in [0.1, 0.15) is 0 Å². The van der Waals surface area contributed by atoms with Crippen molar-refractivity contribution in [1.82, 2.24) is 0 Å². The van der Waals surface area contributed by atoms with Crippen LogP contribution in [0.25, 0.3) is 0 Å². The van der Waals surface area contributed by atoms with Gasteiger partial charge in [0, 0.05) is 10.7 Å². The van der Waals surface area contributed by atoms with Crippen LogP contribution in [0, 0.1) is 0 Å². The first-order valence-corrected chi connectivity index (χ1v) is 7.41. The lowest BCUT2D eigenvalue weighted by atomic mass is 10.0. The monoisotopic (exact) mass is 319 g/mol. The van der Waals surface area contributed by atoms with Gasteiger partial charge < -0.3 is 15.2 Å². The summed E-state index contributed by atoms with van der Waals surface area (Å²) in [6.07, 6.45) is -1.31. The molecule has 2 unspecified atom stereocenters. The lowest BCUT2D eigenvalue weighted by Crippen LogP contribution is -2.34. The molecule has 2 atom stereocenters. The summed E-state index contributed by atoms with van der Waals surface area (Å²) in [6, 6.07) is 15.7. The Morgan fingerprint density at radius 3 is 2.41 bits per heavy atom. The van der Waals surface area contributed by atoms with Crippen molar-refractivity contribution in [2.75, 3.05) is 11.9 Å². The Labute approximate surface area is 134 Å². The number of carbonyl (C=O) groups is 1. The number of hydrogen-bond acceptors (Lipinski definition) is 4. The van der Waals surface area contributed by atoms with E-state index in [9.17, 15) is 9.90 Å². The first kappa shape index (κ1) is 16.3. The van der Waals surface area contributed by atoms with Gasteiger partial charge in [-0.05, 0) is 36.8 Å². The largest absolute Gasteiger partial charge is 0.464 e. The maximum atomic E-state index is 11.9. The molecule has 2 aromatic rings. The molecule has 0 aromatic heterocycles. The molecule has 0 radical (unpaired) electrons. The standard InChI is InChI=1S/C17H18ClNO3/c1-2-22-17(21)16(20)15(12-6-4-3-5-7-12)19-14-10-8-13(18)9-11-14/h3-11,15-16,19-20H,2H2,1H3. The fourth-order valence-electron chi connectivity index (χ4n) is 2.09. The molecule has 0 aliphatic rings. The van der Waals surface area contributed by atoms with Crippen molar-refractivity contribution in [1.29, 1.82) is 0 Å². The number of hydrogen-bond donors (Lipinski definition) is 2. The highest BCUT2D eigenvalue weighted by Crippen LogP contribution is 2.24. The summed E-state index contributed by atoms with van der Waals surface area (Å²) in [5.41, 5.74) is 1.54. The number of rotatable bonds is 6. The Morgan fingerprint density at radius 1 is 1.18 bits per heavy atom. The summed E-state index contributed by atoms with van der Waals surface area (Å²) in [5, 5.41) is 14.1. The second-order valence-electron chi connectivity index (χ2n) is 4.74. The summed E-state index contributed by atoms with van der Waals surface area (Å²) < 4.78 is 4.91. The minimum atomic E-state index is -1.31. The van der Waals surface area contributed by atoms with E-state index >= 15 is 0 Å². The average molecular weight is 320 g/mol.